The Balaban J connectivity index is 1.94. The fourth-order valence-electron chi connectivity index (χ4n) is 2.71. The van der Waals surface area contributed by atoms with Crippen molar-refractivity contribution >= 4 is 17.7 Å². The first kappa shape index (κ1) is 13.8. The second kappa shape index (κ2) is 6.04. The van der Waals surface area contributed by atoms with Gasteiger partial charge >= 0.3 is 0 Å². The van der Waals surface area contributed by atoms with Crippen molar-refractivity contribution in [3.8, 4) is 0 Å². The molecule has 1 unspecified atom stereocenters. The highest BCUT2D eigenvalue weighted by Gasteiger charge is 2.30. The fraction of sp³-hybridized carbons (Fsp3) is 0.769. The van der Waals surface area contributed by atoms with Gasteiger partial charge in [0.15, 0.2) is 0 Å². The van der Waals surface area contributed by atoms with E-state index in [1.807, 2.05) is 0 Å². The largest absolute Gasteiger partial charge is 0.354 e. The van der Waals surface area contributed by atoms with E-state index in [0.29, 0.717) is 32.6 Å². The molecule has 2 fully saturated rings. The number of carbonyl (C=O) groups excluding carboxylic acids is 3. The molecule has 0 aromatic rings. The number of nitrogens with one attached hydrogen (secondary N) is 1. The minimum atomic E-state index is -0.106. The van der Waals surface area contributed by atoms with Crippen molar-refractivity contribution in [2.45, 2.75) is 26.2 Å². The molecule has 0 radical (unpaired) electrons. The molecule has 1 atom stereocenters. The van der Waals surface area contributed by atoms with Crippen LogP contribution in [-0.4, -0.2) is 60.2 Å². The fourth-order valence-corrected chi connectivity index (χ4v) is 2.71. The molecule has 0 bridgehead atoms. The number of piperidine rings is 1. The smallest absolute Gasteiger partial charge is 0.227 e. The molecular formula is C13H21N3O3. The van der Waals surface area contributed by atoms with Crippen LogP contribution in [-0.2, 0) is 14.4 Å². The number of rotatable bonds is 1. The van der Waals surface area contributed by atoms with Crippen molar-refractivity contribution in [1.82, 2.24) is 15.1 Å². The summed E-state index contributed by atoms with van der Waals surface area (Å²) < 4.78 is 0. The van der Waals surface area contributed by atoms with Gasteiger partial charge in [-0.15, -0.1) is 0 Å². The van der Waals surface area contributed by atoms with Crippen LogP contribution in [0, 0.1) is 5.92 Å². The van der Waals surface area contributed by atoms with Crippen LogP contribution in [0.15, 0.2) is 0 Å². The Morgan fingerprint density at radius 3 is 2.74 bits per heavy atom. The van der Waals surface area contributed by atoms with Crippen molar-refractivity contribution in [2.24, 2.45) is 5.92 Å². The molecule has 0 aromatic heterocycles. The second-order valence-electron chi connectivity index (χ2n) is 5.23. The molecule has 2 aliphatic rings. The van der Waals surface area contributed by atoms with E-state index in [1.165, 1.54) is 0 Å². The molecule has 2 aliphatic heterocycles. The lowest BCUT2D eigenvalue weighted by Gasteiger charge is -2.34. The molecule has 0 saturated carbocycles. The van der Waals surface area contributed by atoms with Gasteiger partial charge in [-0.3, -0.25) is 14.4 Å². The van der Waals surface area contributed by atoms with Gasteiger partial charge in [0, 0.05) is 46.1 Å². The predicted molar refractivity (Wildman–Crippen MR) is 69.2 cm³/mol. The molecular weight excluding hydrogens is 246 g/mol. The molecule has 3 amide bonds. The normalized spacial score (nSPS) is 24.7. The van der Waals surface area contributed by atoms with E-state index >= 15 is 0 Å². The summed E-state index contributed by atoms with van der Waals surface area (Å²) in [4.78, 5) is 38.6. The van der Waals surface area contributed by atoms with Crippen LogP contribution in [0.3, 0.4) is 0 Å². The molecule has 2 rings (SSSR count). The molecule has 0 spiro atoms. The maximum Gasteiger partial charge on any atom is 0.227 e. The maximum absolute atomic E-state index is 12.4. The Morgan fingerprint density at radius 1 is 1.21 bits per heavy atom. The summed E-state index contributed by atoms with van der Waals surface area (Å²) in [5, 5.41) is 2.76. The maximum atomic E-state index is 12.4. The molecule has 6 nitrogen and oxygen atoms in total. The Kier molecular flexibility index (Phi) is 4.39. The van der Waals surface area contributed by atoms with Crippen molar-refractivity contribution in [2.75, 3.05) is 32.7 Å². The highest BCUT2D eigenvalue weighted by molar-refractivity contribution is 5.82. The summed E-state index contributed by atoms with van der Waals surface area (Å²) in [5.74, 6) is 0.0165. The summed E-state index contributed by atoms with van der Waals surface area (Å²) >= 11 is 0. The molecule has 6 heteroatoms. The zero-order chi connectivity index (χ0) is 13.8. The van der Waals surface area contributed by atoms with Crippen molar-refractivity contribution in [3.63, 3.8) is 0 Å². The first-order valence-corrected chi connectivity index (χ1v) is 6.89. The average Bonchev–Trinajstić information content (AvgIpc) is 2.63. The zero-order valence-electron chi connectivity index (χ0n) is 11.4. The third-order valence-electron chi connectivity index (χ3n) is 3.84. The summed E-state index contributed by atoms with van der Waals surface area (Å²) in [5.41, 5.74) is 0. The second-order valence-corrected chi connectivity index (χ2v) is 5.23. The van der Waals surface area contributed by atoms with Crippen LogP contribution in [0.1, 0.15) is 26.2 Å². The van der Waals surface area contributed by atoms with Crippen LogP contribution in [0.25, 0.3) is 0 Å². The van der Waals surface area contributed by atoms with E-state index in [1.54, 1.807) is 16.7 Å². The molecule has 0 aliphatic carbocycles. The van der Waals surface area contributed by atoms with Crippen molar-refractivity contribution < 1.29 is 14.4 Å². The molecule has 2 heterocycles. The quantitative estimate of drug-likeness (QED) is 0.702. The minimum absolute atomic E-state index is 0.00399. The van der Waals surface area contributed by atoms with Crippen LogP contribution in [0.5, 0.6) is 0 Å². The van der Waals surface area contributed by atoms with Gasteiger partial charge in [0.05, 0.1) is 5.92 Å². The average molecular weight is 267 g/mol. The molecule has 19 heavy (non-hydrogen) atoms. The Morgan fingerprint density at radius 2 is 2.00 bits per heavy atom. The standard InChI is InChI=1S/C13H21N3O3/c1-10(17)16-6-2-3-11(9-16)13(19)15-7-4-12(18)14-5-8-15/h11H,2-9H2,1H3,(H,14,18). The highest BCUT2D eigenvalue weighted by Crippen LogP contribution is 2.19. The first-order valence-electron chi connectivity index (χ1n) is 6.89. The van der Waals surface area contributed by atoms with Crippen molar-refractivity contribution in [1.29, 1.82) is 0 Å². The van der Waals surface area contributed by atoms with Gasteiger partial charge in [-0.25, -0.2) is 0 Å². The SMILES string of the molecule is CC(=O)N1CCCC(C(=O)N2CCNC(=O)CC2)C1. The van der Waals surface area contributed by atoms with E-state index in [4.69, 9.17) is 0 Å². The number of likely N-dealkylation sites (tertiary alicyclic amines) is 1. The lowest BCUT2D eigenvalue weighted by molar-refractivity contribution is -0.140. The van der Waals surface area contributed by atoms with E-state index < -0.39 is 0 Å². The third-order valence-corrected chi connectivity index (χ3v) is 3.84. The summed E-state index contributed by atoms with van der Waals surface area (Å²) in [6.45, 7) is 4.39. The molecule has 1 N–H and O–H groups in total. The van der Waals surface area contributed by atoms with Crippen LogP contribution >= 0.6 is 0 Å². The van der Waals surface area contributed by atoms with Gasteiger partial charge in [0.25, 0.3) is 0 Å². The van der Waals surface area contributed by atoms with E-state index in [9.17, 15) is 14.4 Å². The predicted octanol–water partition coefficient (Wildman–Crippen LogP) is -0.407. The van der Waals surface area contributed by atoms with Gasteiger partial charge in [-0.05, 0) is 12.8 Å². The minimum Gasteiger partial charge on any atom is -0.354 e. The first-order chi connectivity index (χ1) is 9.08. The third kappa shape index (κ3) is 3.45. The zero-order valence-corrected chi connectivity index (χ0v) is 11.4. The Labute approximate surface area is 113 Å². The van der Waals surface area contributed by atoms with E-state index in [0.717, 1.165) is 19.4 Å². The number of amides is 3. The lowest BCUT2D eigenvalue weighted by atomic mass is 9.96. The molecule has 106 valence electrons. The monoisotopic (exact) mass is 267 g/mol. The number of hydrogen-bond donors (Lipinski definition) is 1. The van der Waals surface area contributed by atoms with Crippen molar-refractivity contribution in [3.05, 3.63) is 0 Å². The lowest BCUT2D eigenvalue weighted by Crippen LogP contribution is -2.47. The van der Waals surface area contributed by atoms with Crippen LogP contribution < -0.4 is 5.32 Å². The Bertz CT molecular complexity index is 383. The van der Waals surface area contributed by atoms with Crippen LogP contribution in [0.2, 0.25) is 0 Å². The summed E-state index contributed by atoms with van der Waals surface area (Å²) in [6.07, 6.45) is 2.08. The summed E-state index contributed by atoms with van der Waals surface area (Å²) in [6, 6.07) is 0. The van der Waals surface area contributed by atoms with Gasteiger partial charge in [-0.1, -0.05) is 0 Å². The molecule has 0 aromatic carbocycles. The van der Waals surface area contributed by atoms with Gasteiger partial charge in [0.1, 0.15) is 0 Å². The summed E-state index contributed by atoms with van der Waals surface area (Å²) in [7, 11) is 0. The van der Waals surface area contributed by atoms with Gasteiger partial charge in [0.2, 0.25) is 17.7 Å². The van der Waals surface area contributed by atoms with E-state index in [-0.39, 0.29) is 23.6 Å². The number of carbonyl (C=O) groups is 3. The number of hydrogen-bond acceptors (Lipinski definition) is 3. The van der Waals surface area contributed by atoms with E-state index in [2.05, 4.69) is 5.32 Å². The van der Waals surface area contributed by atoms with Crippen LogP contribution in [0.4, 0.5) is 0 Å². The topological polar surface area (TPSA) is 69.7 Å². The number of nitrogens with zero attached hydrogens (tertiary/aromatic N) is 2. The molecule has 2 saturated heterocycles. The van der Waals surface area contributed by atoms with Gasteiger partial charge in [-0.2, -0.15) is 0 Å². The highest BCUT2D eigenvalue weighted by atomic mass is 16.2. The van der Waals surface area contributed by atoms with Gasteiger partial charge < -0.3 is 15.1 Å². The Hall–Kier alpha value is -1.59.